The lowest BCUT2D eigenvalue weighted by atomic mass is 10.1. The zero-order chi connectivity index (χ0) is 14.6. The number of halogens is 1. The largest absolute Gasteiger partial charge is 0.496 e. The molecule has 0 fully saturated rings. The third-order valence-electron chi connectivity index (χ3n) is 2.29. The highest BCUT2D eigenvalue weighted by molar-refractivity contribution is 7.86. The van der Waals surface area contributed by atoms with Gasteiger partial charge in [-0.1, -0.05) is 0 Å². The van der Waals surface area contributed by atoms with E-state index in [1.807, 2.05) is 0 Å². The van der Waals surface area contributed by atoms with Gasteiger partial charge in [0.25, 0.3) is 10.1 Å². The summed E-state index contributed by atoms with van der Waals surface area (Å²) in [4.78, 5) is 10.6. The highest BCUT2D eigenvalue weighted by Gasteiger charge is 2.18. The van der Waals surface area contributed by atoms with E-state index < -0.39 is 15.0 Å². The fraction of sp³-hybridized carbons (Fsp3) is 0.300. The van der Waals surface area contributed by atoms with Gasteiger partial charge in [-0.2, -0.15) is 8.42 Å². The van der Waals surface area contributed by atoms with Crippen LogP contribution in [-0.2, 0) is 21.5 Å². The van der Waals surface area contributed by atoms with Crippen molar-refractivity contribution < 1.29 is 22.5 Å². The van der Waals surface area contributed by atoms with Gasteiger partial charge in [0.1, 0.15) is 16.5 Å². The van der Waals surface area contributed by atoms with Gasteiger partial charge >= 0.3 is 0 Å². The van der Waals surface area contributed by atoms with Crippen LogP contribution in [0.4, 0.5) is 5.69 Å². The fourth-order valence-corrected chi connectivity index (χ4v) is 2.12. The van der Waals surface area contributed by atoms with Gasteiger partial charge in [-0.25, -0.2) is 0 Å². The number of anilines is 1. The van der Waals surface area contributed by atoms with Crippen molar-refractivity contribution in [2.24, 2.45) is 0 Å². The van der Waals surface area contributed by atoms with Crippen molar-refractivity contribution in [2.75, 3.05) is 18.7 Å². The smallest absolute Gasteiger partial charge is 0.296 e. The zero-order valence-electron chi connectivity index (χ0n) is 10.0. The molecule has 0 radical (unpaired) electrons. The van der Waals surface area contributed by atoms with Crippen LogP contribution in [0.25, 0.3) is 0 Å². The van der Waals surface area contributed by atoms with E-state index in [1.165, 1.54) is 13.2 Å². The number of methoxy groups -OCH3 is 1. The first kappa shape index (κ1) is 15.5. The molecule has 19 heavy (non-hydrogen) atoms. The Morgan fingerprint density at radius 3 is 2.63 bits per heavy atom. The van der Waals surface area contributed by atoms with Crippen molar-refractivity contribution in [2.45, 2.75) is 11.4 Å². The van der Waals surface area contributed by atoms with Crippen LogP contribution in [0.3, 0.4) is 0 Å². The summed E-state index contributed by atoms with van der Waals surface area (Å²) in [7, 11) is -3.11. The number of nitrogens with two attached hydrogens (primary N) is 1. The summed E-state index contributed by atoms with van der Waals surface area (Å²) >= 11 is 5.33. The molecule has 0 saturated heterocycles. The number of amides is 1. The molecule has 4 N–H and O–H groups in total. The second kappa shape index (κ2) is 6.09. The van der Waals surface area contributed by atoms with Gasteiger partial charge in [0.05, 0.1) is 12.8 Å². The Labute approximate surface area is 115 Å². The Hall–Kier alpha value is -1.51. The molecular weight excluding hydrogens is 296 g/mol. The molecule has 1 aromatic rings. The molecule has 106 valence electrons. The minimum atomic E-state index is -4.43. The summed E-state index contributed by atoms with van der Waals surface area (Å²) in [6, 6.07) is 2.39. The Morgan fingerprint density at radius 1 is 1.53 bits per heavy atom. The SMILES string of the molecule is COc1cc(S(=O)(=O)O)c(N)cc1CNC(=O)CCl. The lowest BCUT2D eigenvalue weighted by molar-refractivity contribution is -0.118. The molecule has 9 heteroatoms. The van der Waals surface area contributed by atoms with Gasteiger partial charge in [0, 0.05) is 18.2 Å². The number of carbonyl (C=O) groups is 1. The van der Waals surface area contributed by atoms with Crippen LogP contribution in [0, 0.1) is 0 Å². The van der Waals surface area contributed by atoms with Gasteiger partial charge in [-0.3, -0.25) is 9.35 Å². The molecule has 7 nitrogen and oxygen atoms in total. The van der Waals surface area contributed by atoms with Gasteiger partial charge in [-0.05, 0) is 6.07 Å². The summed E-state index contributed by atoms with van der Waals surface area (Å²) in [5.41, 5.74) is 5.86. The lowest BCUT2D eigenvalue weighted by Crippen LogP contribution is -2.24. The van der Waals surface area contributed by atoms with Crippen LogP contribution in [0.2, 0.25) is 0 Å². The molecule has 1 aromatic carbocycles. The average molecular weight is 309 g/mol. The zero-order valence-corrected chi connectivity index (χ0v) is 11.6. The van der Waals surface area contributed by atoms with Crippen molar-refractivity contribution in [3.63, 3.8) is 0 Å². The van der Waals surface area contributed by atoms with E-state index in [2.05, 4.69) is 5.32 Å². The minimum absolute atomic E-state index is 0.0741. The third kappa shape index (κ3) is 3.98. The first-order chi connectivity index (χ1) is 8.79. The Morgan fingerprint density at radius 2 is 2.16 bits per heavy atom. The Kier molecular flexibility index (Phi) is 4.98. The Balaban J connectivity index is 3.14. The minimum Gasteiger partial charge on any atom is -0.496 e. The van der Waals surface area contributed by atoms with Crippen LogP contribution in [-0.4, -0.2) is 31.9 Å². The van der Waals surface area contributed by atoms with Crippen molar-refractivity contribution >= 4 is 33.3 Å². The van der Waals surface area contributed by atoms with Crippen molar-refractivity contribution in [1.29, 1.82) is 0 Å². The van der Waals surface area contributed by atoms with Crippen LogP contribution >= 0.6 is 11.6 Å². The molecule has 0 unspecified atom stereocenters. The highest BCUT2D eigenvalue weighted by Crippen LogP contribution is 2.28. The van der Waals surface area contributed by atoms with Crippen molar-refractivity contribution in [1.82, 2.24) is 5.32 Å². The monoisotopic (exact) mass is 308 g/mol. The van der Waals surface area contributed by atoms with E-state index >= 15 is 0 Å². The summed E-state index contributed by atoms with van der Waals surface area (Å²) in [6.07, 6.45) is 0. The molecule has 0 spiro atoms. The molecule has 0 aliphatic heterocycles. The maximum absolute atomic E-state index is 11.1. The molecule has 0 aliphatic carbocycles. The second-order valence-corrected chi connectivity index (χ2v) is 5.24. The molecule has 0 aliphatic rings. The van der Waals surface area contributed by atoms with E-state index in [-0.39, 0.29) is 29.8 Å². The number of hydrogen-bond acceptors (Lipinski definition) is 5. The molecule has 0 aromatic heterocycles. The van der Waals surface area contributed by atoms with E-state index in [1.54, 1.807) is 0 Å². The van der Waals surface area contributed by atoms with E-state index in [0.29, 0.717) is 5.56 Å². The first-order valence-corrected chi connectivity index (χ1v) is 7.03. The molecule has 1 rings (SSSR count). The second-order valence-electron chi connectivity index (χ2n) is 3.59. The van der Waals surface area contributed by atoms with E-state index in [9.17, 15) is 13.2 Å². The molecule has 0 atom stereocenters. The van der Waals surface area contributed by atoms with Crippen LogP contribution in [0.1, 0.15) is 5.56 Å². The third-order valence-corrected chi connectivity index (χ3v) is 3.44. The molecule has 0 saturated carbocycles. The quantitative estimate of drug-likeness (QED) is 0.411. The molecule has 1 amide bonds. The summed E-state index contributed by atoms with van der Waals surface area (Å²) in [6.45, 7) is 0.0741. The van der Waals surface area contributed by atoms with E-state index in [4.69, 9.17) is 26.6 Å². The number of hydrogen-bond donors (Lipinski definition) is 3. The maximum Gasteiger partial charge on any atom is 0.296 e. The van der Waals surface area contributed by atoms with Gasteiger partial charge in [0.2, 0.25) is 5.91 Å². The number of nitrogen functional groups attached to an aromatic ring is 1. The Bertz CT molecular complexity index is 588. The maximum atomic E-state index is 11.1. The van der Waals surface area contributed by atoms with Crippen LogP contribution < -0.4 is 15.8 Å². The summed E-state index contributed by atoms with van der Waals surface area (Å²) in [5, 5.41) is 2.49. The van der Waals surface area contributed by atoms with Crippen LogP contribution in [0.5, 0.6) is 5.75 Å². The summed E-state index contributed by atoms with van der Waals surface area (Å²) in [5.74, 6) is -0.404. The summed E-state index contributed by atoms with van der Waals surface area (Å²) < 4.78 is 36.1. The first-order valence-electron chi connectivity index (χ1n) is 5.06. The van der Waals surface area contributed by atoms with Crippen molar-refractivity contribution in [3.8, 4) is 5.75 Å². The number of carbonyl (C=O) groups excluding carboxylic acids is 1. The molecule has 0 bridgehead atoms. The lowest BCUT2D eigenvalue weighted by Gasteiger charge is -2.12. The predicted octanol–water partition coefficient (Wildman–Crippen LogP) is 0.379. The number of benzene rings is 1. The average Bonchev–Trinajstić information content (AvgIpc) is 2.34. The fourth-order valence-electron chi connectivity index (χ4n) is 1.42. The van der Waals surface area contributed by atoms with Gasteiger partial charge in [-0.15, -0.1) is 11.6 Å². The number of ether oxygens (including phenoxy) is 1. The number of nitrogens with one attached hydrogen (secondary N) is 1. The van der Waals surface area contributed by atoms with E-state index in [0.717, 1.165) is 6.07 Å². The molecular formula is C10H13ClN2O5S. The number of alkyl halides is 1. The normalized spacial score (nSPS) is 11.1. The molecule has 0 heterocycles. The highest BCUT2D eigenvalue weighted by atomic mass is 35.5. The van der Waals surface area contributed by atoms with Crippen molar-refractivity contribution in [3.05, 3.63) is 17.7 Å². The van der Waals surface area contributed by atoms with Gasteiger partial charge in [0.15, 0.2) is 0 Å². The number of rotatable bonds is 5. The van der Waals surface area contributed by atoms with Crippen LogP contribution in [0.15, 0.2) is 17.0 Å². The van der Waals surface area contributed by atoms with Gasteiger partial charge < -0.3 is 15.8 Å². The predicted molar refractivity (Wildman–Crippen MR) is 69.8 cm³/mol. The topological polar surface area (TPSA) is 119 Å². The standard InChI is InChI=1S/C10H13ClN2O5S/c1-18-8-3-9(19(15,16)17)7(12)2-6(8)5-13-10(14)4-11/h2-3H,4-5,12H2,1H3,(H,13,14)(H,15,16,17).